The fourth-order valence-corrected chi connectivity index (χ4v) is 6.48. The summed E-state index contributed by atoms with van der Waals surface area (Å²) < 4.78 is 93.3. The van der Waals surface area contributed by atoms with E-state index < -0.39 is 41.2 Å². The summed E-state index contributed by atoms with van der Waals surface area (Å²) in [5.41, 5.74) is -0.399. The Labute approximate surface area is 245 Å². The number of methoxy groups -OCH3 is 1. The molecule has 0 saturated heterocycles. The average molecular weight is 621 g/mol. The zero-order chi connectivity index (χ0) is 31.1. The van der Waals surface area contributed by atoms with Gasteiger partial charge in [0.05, 0.1) is 23.7 Å². The molecule has 43 heavy (non-hydrogen) atoms. The maximum absolute atomic E-state index is 15.5. The largest absolute Gasteiger partial charge is 0.573 e. The zero-order valence-electron chi connectivity index (χ0n) is 22.5. The van der Waals surface area contributed by atoms with Crippen LogP contribution >= 0.6 is 11.8 Å². The first-order chi connectivity index (χ1) is 20.4. The molecule has 0 radical (unpaired) electrons. The van der Waals surface area contributed by atoms with Crippen LogP contribution in [0.1, 0.15) is 28.3 Å². The molecule has 0 aliphatic carbocycles. The molecule has 0 saturated carbocycles. The highest BCUT2D eigenvalue weighted by molar-refractivity contribution is 7.99. The monoisotopic (exact) mass is 620 g/mol. The number of alkyl halides is 3. The number of aromatic nitrogens is 1. The van der Waals surface area contributed by atoms with E-state index in [1.165, 1.54) is 48.1 Å². The molecule has 0 spiro atoms. The van der Waals surface area contributed by atoms with Crippen molar-refractivity contribution in [3.63, 3.8) is 0 Å². The van der Waals surface area contributed by atoms with Crippen molar-refractivity contribution in [1.82, 2.24) is 4.57 Å². The SMILES string of the molecule is COc1cccc(-c2c(C)c(Cc3c(F)cccc3F)c3n(c2=O)C(/C(=N/O)c2ccc(OC(F)(F)F)cc2)CS3)c1F. The summed E-state index contributed by atoms with van der Waals surface area (Å²) in [7, 11) is 1.26. The number of oxime groups is 1. The van der Waals surface area contributed by atoms with Crippen molar-refractivity contribution < 1.29 is 41.0 Å². The third kappa shape index (κ3) is 5.68. The minimum absolute atomic E-state index is 0.0733. The summed E-state index contributed by atoms with van der Waals surface area (Å²) in [5, 5.41) is 13.7. The van der Waals surface area contributed by atoms with Crippen LogP contribution < -0.4 is 15.0 Å². The molecule has 1 aliphatic heterocycles. The third-order valence-corrected chi connectivity index (χ3v) is 8.30. The molecule has 224 valence electrons. The molecule has 1 aliphatic rings. The van der Waals surface area contributed by atoms with Gasteiger partial charge in [0, 0.05) is 28.9 Å². The van der Waals surface area contributed by atoms with Gasteiger partial charge in [-0.25, -0.2) is 13.2 Å². The van der Waals surface area contributed by atoms with Crippen LogP contribution in [0.25, 0.3) is 11.1 Å². The van der Waals surface area contributed by atoms with E-state index in [2.05, 4.69) is 9.89 Å². The van der Waals surface area contributed by atoms with E-state index >= 15 is 4.39 Å². The lowest BCUT2D eigenvalue weighted by atomic mass is 9.93. The predicted molar refractivity (Wildman–Crippen MR) is 148 cm³/mol. The van der Waals surface area contributed by atoms with Crippen molar-refractivity contribution in [1.29, 1.82) is 0 Å². The number of halogens is 6. The van der Waals surface area contributed by atoms with Gasteiger partial charge in [0.15, 0.2) is 11.6 Å². The number of rotatable bonds is 7. The first kappa shape index (κ1) is 30.1. The first-order valence-corrected chi connectivity index (χ1v) is 13.7. The summed E-state index contributed by atoms with van der Waals surface area (Å²) in [5.74, 6) is -2.97. The van der Waals surface area contributed by atoms with Crippen LogP contribution in [0.4, 0.5) is 26.3 Å². The molecule has 4 aromatic rings. The van der Waals surface area contributed by atoms with Crippen molar-refractivity contribution in [3.05, 3.63) is 111 Å². The van der Waals surface area contributed by atoms with Gasteiger partial charge < -0.3 is 14.7 Å². The molecule has 5 rings (SSSR count). The van der Waals surface area contributed by atoms with Crippen molar-refractivity contribution in [2.75, 3.05) is 12.9 Å². The number of pyridine rings is 1. The van der Waals surface area contributed by atoms with Crippen LogP contribution in [-0.4, -0.2) is 34.7 Å². The summed E-state index contributed by atoms with van der Waals surface area (Å²) >= 11 is 1.16. The predicted octanol–water partition coefficient (Wildman–Crippen LogP) is 7.26. The molecule has 1 atom stereocenters. The van der Waals surface area contributed by atoms with E-state index in [4.69, 9.17) is 4.74 Å². The van der Waals surface area contributed by atoms with Gasteiger partial charge in [-0.15, -0.1) is 24.9 Å². The van der Waals surface area contributed by atoms with Gasteiger partial charge in [0.1, 0.15) is 23.1 Å². The van der Waals surface area contributed by atoms with E-state index in [-0.39, 0.29) is 51.5 Å². The standard InChI is InChI=1S/C30H22F6N2O4S/c1-15-19(13-20-21(31)6-4-7-22(20)32)29-38(28(39)25(15)18-5-3-8-24(41-2)26(18)33)23(14-43-29)27(37-40)16-9-11-17(12-10-16)42-30(34,35)36/h3-12,23,40H,13-14H2,1-2H3/b37-27+. The van der Waals surface area contributed by atoms with Gasteiger partial charge in [-0.2, -0.15) is 0 Å². The quantitative estimate of drug-likeness (QED) is 0.102. The van der Waals surface area contributed by atoms with E-state index in [0.717, 1.165) is 36.0 Å². The second kappa shape index (κ2) is 11.7. The fourth-order valence-electron chi connectivity index (χ4n) is 5.11. The molecular weight excluding hydrogens is 598 g/mol. The molecule has 0 fully saturated rings. The van der Waals surface area contributed by atoms with E-state index in [0.29, 0.717) is 10.6 Å². The maximum Gasteiger partial charge on any atom is 0.573 e. The number of fused-ring (bicyclic) bond motifs is 1. The van der Waals surface area contributed by atoms with Crippen molar-refractivity contribution in [2.24, 2.45) is 5.16 Å². The lowest BCUT2D eigenvalue weighted by molar-refractivity contribution is -0.274. The Morgan fingerprint density at radius 1 is 1.02 bits per heavy atom. The Balaban J connectivity index is 1.71. The number of benzene rings is 3. The number of hydrogen-bond acceptors (Lipinski definition) is 6. The second-order valence-corrected chi connectivity index (χ2v) is 10.6. The molecule has 13 heteroatoms. The van der Waals surface area contributed by atoms with Crippen molar-refractivity contribution in [3.8, 4) is 22.6 Å². The summed E-state index contributed by atoms with van der Waals surface area (Å²) in [4.78, 5) is 14.2. The van der Waals surface area contributed by atoms with E-state index in [1.807, 2.05) is 0 Å². The van der Waals surface area contributed by atoms with Gasteiger partial charge >= 0.3 is 6.36 Å². The highest BCUT2D eigenvalue weighted by atomic mass is 32.2. The van der Waals surface area contributed by atoms with Gasteiger partial charge in [-0.1, -0.05) is 23.4 Å². The smallest absolute Gasteiger partial charge is 0.494 e. The Hall–Kier alpha value is -4.39. The van der Waals surface area contributed by atoms with Gasteiger partial charge in [-0.3, -0.25) is 9.36 Å². The van der Waals surface area contributed by atoms with Crippen LogP contribution in [0, 0.1) is 24.4 Å². The van der Waals surface area contributed by atoms with E-state index in [9.17, 15) is 32.0 Å². The molecule has 0 bridgehead atoms. The Bertz CT molecular complexity index is 1770. The molecule has 0 amide bonds. The maximum atomic E-state index is 15.5. The van der Waals surface area contributed by atoms with Crippen molar-refractivity contribution in [2.45, 2.75) is 30.8 Å². The van der Waals surface area contributed by atoms with Gasteiger partial charge in [-0.05, 0) is 60.5 Å². The number of hydrogen-bond donors (Lipinski definition) is 1. The van der Waals surface area contributed by atoms with Crippen LogP contribution in [0.2, 0.25) is 0 Å². The van der Waals surface area contributed by atoms with E-state index in [1.54, 1.807) is 6.92 Å². The molecule has 1 N–H and O–H groups in total. The summed E-state index contributed by atoms with van der Waals surface area (Å²) in [6.07, 6.45) is -5.20. The summed E-state index contributed by atoms with van der Waals surface area (Å²) in [6.45, 7) is 1.55. The van der Waals surface area contributed by atoms with Crippen LogP contribution in [0.15, 0.2) is 75.6 Å². The first-order valence-electron chi connectivity index (χ1n) is 12.7. The second-order valence-electron chi connectivity index (χ2n) is 9.54. The molecule has 2 heterocycles. The number of nitrogens with zero attached hydrogens (tertiary/aromatic N) is 2. The zero-order valence-corrected chi connectivity index (χ0v) is 23.3. The van der Waals surface area contributed by atoms with Crippen LogP contribution in [-0.2, 0) is 6.42 Å². The highest BCUT2D eigenvalue weighted by Crippen LogP contribution is 2.42. The lowest BCUT2D eigenvalue weighted by Gasteiger charge is -2.22. The minimum atomic E-state index is -4.92. The van der Waals surface area contributed by atoms with Gasteiger partial charge in [0.25, 0.3) is 5.56 Å². The molecule has 1 unspecified atom stereocenters. The topological polar surface area (TPSA) is 73.1 Å². The lowest BCUT2D eigenvalue weighted by Crippen LogP contribution is -2.32. The van der Waals surface area contributed by atoms with Crippen LogP contribution in [0.3, 0.4) is 0 Å². The third-order valence-electron chi connectivity index (χ3n) is 7.10. The fraction of sp³-hybridized carbons (Fsp3) is 0.200. The molecule has 6 nitrogen and oxygen atoms in total. The van der Waals surface area contributed by atoms with Crippen molar-refractivity contribution >= 4 is 17.5 Å². The summed E-state index contributed by atoms with van der Waals surface area (Å²) in [6, 6.07) is 11.2. The molecular formula is C30H22F6N2O4S. The normalized spacial score (nSPS) is 15.0. The number of thioether (sulfide) groups is 1. The van der Waals surface area contributed by atoms with Gasteiger partial charge in [0.2, 0.25) is 0 Å². The Morgan fingerprint density at radius 3 is 2.28 bits per heavy atom. The molecule has 1 aromatic heterocycles. The number of ether oxygens (including phenoxy) is 2. The minimum Gasteiger partial charge on any atom is -0.494 e. The Kier molecular flexibility index (Phi) is 8.19. The average Bonchev–Trinajstić information content (AvgIpc) is 3.39. The molecule has 3 aromatic carbocycles. The Morgan fingerprint density at radius 2 is 1.67 bits per heavy atom. The highest BCUT2D eigenvalue weighted by Gasteiger charge is 2.36. The van der Waals surface area contributed by atoms with Crippen LogP contribution in [0.5, 0.6) is 11.5 Å².